The van der Waals surface area contributed by atoms with Crippen LogP contribution in [0.4, 0.5) is 0 Å². The topological polar surface area (TPSA) is 55.6 Å². The van der Waals surface area contributed by atoms with Gasteiger partial charge in [0.25, 0.3) is 5.91 Å². The number of piperidine rings is 1. The molecule has 1 heterocycles. The number of likely N-dealkylation sites (tertiary alicyclic amines) is 1. The van der Waals surface area contributed by atoms with Gasteiger partial charge in [0.1, 0.15) is 5.75 Å². The molecule has 0 atom stereocenters. The number of amides is 1. The first-order valence-corrected chi connectivity index (χ1v) is 5.89. The zero-order valence-electron chi connectivity index (χ0n) is 10.1. The molecule has 0 bridgehead atoms. The quantitative estimate of drug-likeness (QED) is 0.838. The molecule has 4 nitrogen and oxygen atoms in total. The zero-order chi connectivity index (χ0) is 12.3. The fourth-order valence-corrected chi connectivity index (χ4v) is 2.04. The molecule has 1 amide bonds. The van der Waals surface area contributed by atoms with Gasteiger partial charge in [-0.3, -0.25) is 4.79 Å². The van der Waals surface area contributed by atoms with Crippen molar-refractivity contribution in [1.82, 2.24) is 4.90 Å². The minimum atomic E-state index is 0.0656. The summed E-state index contributed by atoms with van der Waals surface area (Å²) < 4.78 is 5.12. The summed E-state index contributed by atoms with van der Waals surface area (Å²) in [6.07, 6.45) is 1.77. The summed E-state index contributed by atoms with van der Waals surface area (Å²) in [7, 11) is 1.60. The Hall–Kier alpha value is -1.55. The van der Waals surface area contributed by atoms with Crippen molar-refractivity contribution in [1.29, 1.82) is 0 Å². The third-order valence-electron chi connectivity index (χ3n) is 3.14. The van der Waals surface area contributed by atoms with E-state index in [1.807, 2.05) is 23.1 Å². The highest BCUT2D eigenvalue weighted by atomic mass is 16.5. The van der Waals surface area contributed by atoms with Crippen molar-refractivity contribution in [2.75, 3.05) is 20.2 Å². The normalized spacial score (nSPS) is 16.9. The average Bonchev–Trinajstić information content (AvgIpc) is 2.39. The average molecular weight is 234 g/mol. The van der Waals surface area contributed by atoms with Crippen molar-refractivity contribution in [2.24, 2.45) is 5.73 Å². The van der Waals surface area contributed by atoms with Crippen LogP contribution in [-0.4, -0.2) is 37.0 Å². The first-order chi connectivity index (χ1) is 8.20. The van der Waals surface area contributed by atoms with Gasteiger partial charge >= 0.3 is 0 Å². The monoisotopic (exact) mass is 234 g/mol. The number of carbonyl (C=O) groups excluding carboxylic acids is 1. The molecule has 1 aromatic carbocycles. The molecular weight excluding hydrogens is 216 g/mol. The molecule has 0 radical (unpaired) electrons. The van der Waals surface area contributed by atoms with E-state index in [0.29, 0.717) is 11.3 Å². The minimum Gasteiger partial charge on any atom is -0.497 e. The van der Waals surface area contributed by atoms with Crippen molar-refractivity contribution in [3.63, 3.8) is 0 Å². The molecule has 1 saturated heterocycles. The number of nitrogens with zero attached hydrogens (tertiary/aromatic N) is 1. The van der Waals surface area contributed by atoms with Crippen LogP contribution >= 0.6 is 0 Å². The molecule has 0 unspecified atom stereocenters. The number of ether oxygens (including phenoxy) is 1. The van der Waals surface area contributed by atoms with Gasteiger partial charge in [-0.05, 0) is 31.0 Å². The molecule has 1 aromatic rings. The molecule has 1 aliphatic rings. The summed E-state index contributed by atoms with van der Waals surface area (Å²) in [6.45, 7) is 1.49. The maximum absolute atomic E-state index is 12.2. The van der Waals surface area contributed by atoms with E-state index in [-0.39, 0.29) is 11.9 Å². The summed E-state index contributed by atoms with van der Waals surface area (Å²) in [5, 5.41) is 0. The van der Waals surface area contributed by atoms with Crippen molar-refractivity contribution in [2.45, 2.75) is 18.9 Å². The highest BCUT2D eigenvalue weighted by Crippen LogP contribution is 2.17. The predicted molar refractivity (Wildman–Crippen MR) is 66.1 cm³/mol. The lowest BCUT2D eigenvalue weighted by molar-refractivity contribution is 0.0714. The number of carbonyl (C=O) groups is 1. The Bertz CT molecular complexity index is 398. The van der Waals surface area contributed by atoms with Crippen molar-refractivity contribution < 1.29 is 9.53 Å². The van der Waals surface area contributed by atoms with Gasteiger partial charge < -0.3 is 15.4 Å². The van der Waals surface area contributed by atoms with E-state index >= 15 is 0 Å². The smallest absolute Gasteiger partial charge is 0.253 e. The maximum atomic E-state index is 12.2. The summed E-state index contributed by atoms with van der Waals surface area (Å²) in [4.78, 5) is 14.1. The molecule has 0 saturated carbocycles. The largest absolute Gasteiger partial charge is 0.497 e. The molecule has 2 N–H and O–H groups in total. The Morgan fingerprint density at radius 3 is 2.76 bits per heavy atom. The molecular formula is C13H18N2O2. The lowest BCUT2D eigenvalue weighted by Crippen LogP contribution is -2.42. The molecule has 1 aliphatic heterocycles. The summed E-state index contributed by atoms with van der Waals surface area (Å²) in [6, 6.07) is 7.50. The standard InChI is InChI=1S/C13H18N2O2/c1-17-12-4-2-3-10(9-12)13(16)15-7-5-11(14)6-8-15/h2-4,9,11H,5-8,14H2,1H3. The molecule has 0 aromatic heterocycles. The van der Waals surface area contributed by atoms with Crippen LogP contribution in [0.25, 0.3) is 0 Å². The second-order valence-electron chi connectivity index (χ2n) is 4.36. The predicted octanol–water partition coefficient (Wildman–Crippen LogP) is 1.26. The number of benzene rings is 1. The van der Waals surface area contributed by atoms with E-state index in [0.717, 1.165) is 25.9 Å². The highest BCUT2D eigenvalue weighted by molar-refractivity contribution is 5.94. The van der Waals surface area contributed by atoms with Crippen LogP contribution < -0.4 is 10.5 Å². The van der Waals surface area contributed by atoms with E-state index in [1.54, 1.807) is 13.2 Å². The minimum absolute atomic E-state index is 0.0656. The van der Waals surface area contributed by atoms with Crippen molar-refractivity contribution >= 4 is 5.91 Å². The van der Waals surface area contributed by atoms with Crippen molar-refractivity contribution in [3.8, 4) is 5.75 Å². The lowest BCUT2D eigenvalue weighted by atomic mass is 10.0. The van der Waals surface area contributed by atoms with Gasteiger partial charge in [-0.2, -0.15) is 0 Å². The third-order valence-corrected chi connectivity index (χ3v) is 3.14. The lowest BCUT2D eigenvalue weighted by Gasteiger charge is -2.30. The number of methoxy groups -OCH3 is 1. The number of nitrogens with two attached hydrogens (primary N) is 1. The van der Waals surface area contributed by atoms with Crippen molar-refractivity contribution in [3.05, 3.63) is 29.8 Å². The first kappa shape index (κ1) is 11.9. The maximum Gasteiger partial charge on any atom is 0.253 e. The van der Waals surface area contributed by atoms with Crippen LogP contribution in [0.2, 0.25) is 0 Å². The van der Waals surface area contributed by atoms with E-state index in [4.69, 9.17) is 10.5 Å². The summed E-state index contributed by atoms with van der Waals surface area (Å²) in [5.41, 5.74) is 6.50. The Kier molecular flexibility index (Phi) is 3.64. The third kappa shape index (κ3) is 2.77. The van der Waals surface area contributed by atoms with Crippen LogP contribution in [0.15, 0.2) is 24.3 Å². The van der Waals surface area contributed by atoms with Gasteiger partial charge in [0.15, 0.2) is 0 Å². The van der Waals surface area contributed by atoms with E-state index < -0.39 is 0 Å². The van der Waals surface area contributed by atoms with Gasteiger partial charge in [0.05, 0.1) is 7.11 Å². The molecule has 92 valence electrons. The fraction of sp³-hybridized carbons (Fsp3) is 0.462. The summed E-state index contributed by atoms with van der Waals surface area (Å²) >= 11 is 0. The van der Waals surface area contributed by atoms with E-state index in [1.165, 1.54) is 0 Å². The molecule has 1 fully saturated rings. The van der Waals surface area contributed by atoms with Gasteiger partial charge in [-0.1, -0.05) is 6.07 Å². The zero-order valence-corrected chi connectivity index (χ0v) is 10.1. The van der Waals surface area contributed by atoms with E-state index in [2.05, 4.69) is 0 Å². The van der Waals surface area contributed by atoms with Gasteiger partial charge in [0.2, 0.25) is 0 Å². The number of rotatable bonds is 2. The Morgan fingerprint density at radius 2 is 2.12 bits per heavy atom. The molecule has 4 heteroatoms. The van der Waals surface area contributed by atoms with Gasteiger partial charge in [-0.15, -0.1) is 0 Å². The van der Waals surface area contributed by atoms with Crippen LogP contribution in [0.3, 0.4) is 0 Å². The fourth-order valence-electron chi connectivity index (χ4n) is 2.04. The molecule has 2 rings (SSSR count). The van der Waals surface area contributed by atoms with Crippen LogP contribution in [0.5, 0.6) is 5.75 Å². The van der Waals surface area contributed by atoms with Gasteiger partial charge in [-0.25, -0.2) is 0 Å². The second kappa shape index (κ2) is 5.19. The Balaban J connectivity index is 2.08. The van der Waals surface area contributed by atoms with Gasteiger partial charge in [0, 0.05) is 24.7 Å². The van der Waals surface area contributed by atoms with E-state index in [9.17, 15) is 4.79 Å². The first-order valence-electron chi connectivity index (χ1n) is 5.89. The molecule has 17 heavy (non-hydrogen) atoms. The Labute approximate surface area is 101 Å². The summed E-state index contributed by atoms with van der Waals surface area (Å²) in [5.74, 6) is 0.778. The molecule has 0 aliphatic carbocycles. The van der Waals surface area contributed by atoms with Crippen LogP contribution in [-0.2, 0) is 0 Å². The Morgan fingerprint density at radius 1 is 1.41 bits per heavy atom. The van der Waals surface area contributed by atoms with Crippen LogP contribution in [0.1, 0.15) is 23.2 Å². The number of hydrogen-bond acceptors (Lipinski definition) is 3. The van der Waals surface area contributed by atoms with Crippen LogP contribution in [0, 0.1) is 0 Å². The SMILES string of the molecule is COc1cccc(C(=O)N2CCC(N)CC2)c1. The second-order valence-corrected chi connectivity index (χ2v) is 4.36. The number of hydrogen-bond donors (Lipinski definition) is 1. The highest BCUT2D eigenvalue weighted by Gasteiger charge is 2.21. The molecule has 0 spiro atoms.